The van der Waals surface area contributed by atoms with Crippen molar-refractivity contribution >= 4 is 11.6 Å². The molecule has 0 bridgehead atoms. The van der Waals surface area contributed by atoms with Gasteiger partial charge in [0.15, 0.2) is 0 Å². The third-order valence-corrected chi connectivity index (χ3v) is 3.74. The summed E-state index contributed by atoms with van der Waals surface area (Å²) in [6.45, 7) is 2.40. The summed E-state index contributed by atoms with van der Waals surface area (Å²) in [4.78, 5) is 4.27. The van der Waals surface area contributed by atoms with E-state index in [1.165, 1.54) is 0 Å². The average molecular weight is 326 g/mol. The molecule has 3 nitrogen and oxygen atoms in total. The summed E-state index contributed by atoms with van der Waals surface area (Å²) in [6, 6.07) is 19.0. The van der Waals surface area contributed by atoms with Gasteiger partial charge in [-0.1, -0.05) is 48.0 Å². The number of rotatable bonds is 5. The van der Waals surface area contributed by atoms with Crippen LogP contribution in [0.4, 0.5) is 0 Å². The number of aryl methyl sites for hydroxylation is 1. The number of benzene rings is 2. The van der Waals surface area contributed by atoms with Gasteiger partial charge in [0.1, 0.15) is 18.1 Å². The van der Waals surface area contributed by atoms with E-state index in [0.29, 0.717) is 23.3 Å². The van der Waals surface area contributed by atoms with Gasteiger partial charge in [-0.25, -0.2) is 4.98 Å². The van der Waals surface area contributed by atoms with Crippen molar-refractivity contribution in [3.63, 3.8) is 0 Å². The fraction of sp³-hybridized carbons (Fsp3) is 0.105. The topological polar surface area (TPSA) is 31.4 Å². The first-order valence-corrected chi connectivity index (χ1v) is 7.66. The highest BCUT2D eigenvalue weighted by atomic mass is 35.5. The Morgan fingerprint density at radius 1 is 0.957 bits per heavy atom. The van der Waals surface area contributed by atoms with Gasteiger partial charge < -0.3 is 9.47 Å². The fourth-order valence-corrected chi connectivity index (χ4v) is 2.26. The summed E-state index contributed by atoms with van der Waals surface area (Å²) >= 11 is 6.11. The molecular formula is C19H16ClNO2. The SMILES string of the molecule is Cc1ccccc1Oc1ccc(OCc2ccccc2Cl)cn1. The van der Waals surface area contributed by atoms with Gasteiger partial charge in [-0.3, -0.25) is 0 Å². The summed E-state index contributed by atoms with van der Waals surface area (Å²) in [5, 5.41) is 0.694. The highest BCUT2D eigenvalue weighted by molar-refractivity contribution is 6.31. The van der Waals surface area contributed by atoms with Gasteiger partial charge in [0.25, 0.3) is 0 Å². The van der Waals surface area contributed by atoms with Crippen molar-refractivity contribution in [2.75, 3.05) is 0 Å². The largest absolute Gasteiger partial charge is 0.487 e. The van der Waals surface area contributed by atoms with Crippen molar-refractivity contribution < 1.29 is 9.47 Å². The molecule has 0 fully saturated rings. The van der Waals surface area contributed by atoms with Crippen LogP contribution >= 0.6 is 11.6 Å². The van der Waals surface area contributed by atoms with Crippen molar-refractivity contribution in [1.82, 2.24) is 4.98 Å². The van der Waals surface area contributed by atoms with Crippen molar-refractivity contribution in [1.29, 1.82) is 0 Å². The van der Waals surface area contributed by atoms with E-state index in [2.05, 4.69) is 4.98 Å². The molecule has 0 aliphatic carbocycles. The molecule has 3 rings (SSSR count). The van der Waals surface area contributed by atoms with Crippen molar-refractivity contribution in [3.05, 3.63) is 83.0 Å². The van der Waals surface area contributed by atoms with E-state index in [0.717, 1.165) is 16.9 Å². The maximum absolute atomic E-state index is 6.11. The third kappa shape index (κ3) is 4.02. The second-order valence-corrected chi connectivity index (χ2v) is 5.49. The highest BCUT2D eigenvalue weighted by Crippen LogP contribution is 2.24. The highest BCUT2D eigenvalue weighted by Gasteiger charge is 2.04. The maximum Gasteiger partial charge on any atom is 0.219 e. The van der Waals surface area contributed by atoms with Crippen LogP contribution in [-0.4, -0.2) is 4.98 Å². The molecule has 0 atom stereocenters. The third-order valence-electron chi connectivity index (χ3n) is 3.37. The zero-order valence-corrected chi connectivity index (χ0v) is 13.5. The second kappa shape index (κ2) is 7.16. The zero-order chi connectivity index (χ0) is 16.1. The minimum atomic E-state index is 0.402. The van der Waals surface area contributed by atoms with Crippen molar-refractivity contribution in [2.24, 2.45) is 0 Å². The lowest BCUT2D eigenvalue weighted by atomic mass is 10.2. The van der Waals surface area contributed by atoms with Gasteiger partial charge in [0.05, 0.1) is 6.20 Å². The Hall–Kier alpha value is -2.52. The van der Waals surface area contributed by atoms with Crippen molar-refractivity contribution in [3.8, 4) is 17.4 Å². The molecule has 2 aromatic carbocycles. The van der Waals surface area contributed by atoms with Gasteiger partial charge in [0, 0.05) is 16.7 Å². The van der Waals surface area contributed by atoms with Crippen LogP contribution in [0.2, 0.25) is 5.02 Å². The Morgan fingerprint density at radius 3 is 2.48 bits per heavy atom. The normalized spacial score (nSPS) is 10.3. The van der Waals surface area contributed by atoms with Crippen LogP contribution in [0.3, 0.4) is 0 Å². The predicted octanol–water partition coefficient (Wildman–Crippen LogP) is 5.41. The lowest BCUT2D eigenvalue weighted by Crippen LogP contribution is -1.97. The first-order chi connectivity index (χ1) is 11.2. The molecule has 3 aromatic rings. The molecular weight excluding hydrogens is 310 g/mol. The molecule has 0 aliphatic rings. The number of halogens is 1. The van der Waals surface area contributed by atoms with E-state index < -0.39 is 0 Å². The Bertz CT molecular complexity index is 787. The quantitative estimate of drug-likeness (QED) is 0.628. The molecule has 23 heavy (non-hydrogen) atoms. The molecule has 0 saturated carbocycles. The number of pyridine rings is 1. The molecule has 116 valence electrons. The molecule has 0 spiro atoms. The second-order valence-electron chi connectivity index (χ2n) is 5.08. The first-order valence-electron chi connectivity index (χ1n) is 7.28. The van der Waals surface area contributed by atoms with E-state index in [4.69, 9.17) is 21.1 Å². The van der Waals surface area contributed by atoms with Crippen LogP contribution in [0.5, 0.6) is 17.4 Å². The number of nitrogens with zero attached hydrogens (tertiary/aromatic N) is 1. The lowest BCUT2D eigenvalue weighted by Gasteiger charge is -2.09. The van der Waals surface area contributed by atoms with Gasteiger partial charge in [-0.05, 0) is 30.7 Å². The van der Waals surface area contributed by atoms with Crippen LogP contribution in [-0.2, 0) is 6.61 Å². The molecule has 0 unspecified atom stereocenters. The van der Waals surface area contributed by atoms with Crippen LogP contribution in [0.1, 0.15) is 11.1 Å². The van der Waals surface area contributed by atoms with E-state index in [1.54, 1.807) is 12.3 Å². The molecule has 0 radical (unpaired) electrons. The summed E-state index contributed by atoms with van der Waals surface area (Å²) in [5.74, 6) is 2.00. The van der Waals surface area contributed by atoms with E-state index in [-0.39, 0.29) is 0 Å². The summed E-state index contributed by atoms with van der Waals surface area (Å²) < 4.78 is 11.5. The van der Waals surface area contributed by atoms with E-state index >= 15 is 0 Å². The number of ether oxygens (including phenoxy) is 2. The fourth-order valence-electron chi connectivity index (χ4n) is 2.07. The number of hydrogen-bond acceptors (Lipinski definition) is 3. The van der Waals surface area contributed by atoms with Gasteiger partial charge in [-0.2, -0.15) is 0 Å². The molecule has 0 saturated heterocycles. The Balaban J connectivity index is 1.63. The Kier molecular flexibility index (Phi) is 4.79. The molecule has 0 aliphatic heterocycles. The number of aromatic nitrogens is 1. The Labute approximate surface area is 140 Å². The summed E-state index contributed by atoms with van der Waals surface area (Å²) in [5.41, 5.74) is 2.00. The van der Waals surface area contributed by atoms with Crippen LogP contribution in [0.25, 0.3) is 0 Å². The van der Waals surface area contributed by atoms with E-state index in [9.17, 15) is 0 Å². The monoisotopic (exact) mass is 325 g/mol. The smallest absolute Gasteiger partial charge is 0.219 e. The minimum Gasteiger partial charge on any atom is -0.487 e. The molecule has 4 heteroatoms. The van der Waals surface area contributed by atoms with Crippen LogP contribution in [0, 0.1) is 6.92 Å². The zero-order valence-electron chi connectivity index (χ0n) is 12.7. The number of hydrogen-bond donors (Lipinski definition) is 0. The standard InChI is InChI=1S/C19H16ClNO2/c1-14-6-2-5-9-18(14)23-19-11-10-16(12-21-19)22-13-15-7-3-4-8-17(15)20/h2-12H,13H2,1H3. The summed E-state index contributed by atoms with van der Waals surface area (Å²) in [6.07, 6.45) is 1.64. The first kappa shape index (κ1) is 15.4. The lowest BCUT2D eigenvalue weighted by molar-refractivity contribution is 0.304. The van der Waals surface area contributed by atoms with Gasteiger partial charge in [0.2, 0.25) is 5.88 Å². The van der Waals surface area contributed by atoms with Crippen molar-refractivity contribution in [2.45, 2.75) is 13.5 Å². The molecule has 0 amide bonds. The molecule has 0 N–H and O–H groups in total. The van der Waals surface area contributed by atoms with Gasteiger partial charge in [-0.15, -0.1) is 0 Å². The van der Waals surface area contributed by atoms with Gasteiger partial charge >= 0.3 is 0 Å². The average Bonchev–Trinajstić information content (AvgIpc) is 2.57. The molecule has 1 aromatic heterocycles. The van der Waals surface area contributed by atoms with E-state index in [1.807, 2.05) is 61.5 Å². The Morgan fingerprint density at radius 2 is 1.74 bits per heavy atom. The predicted molar refractivity (Wildman–Crippen MR) is 91.3 cm³/mol. The maximum atomic E-state index is 6.11. The minimum absolute atomic E-state index is 0.402. The van der Waals surface area contributed by atoms with Crippen LogP contribution in [0.15, 0.2) is 66.9 Å². The van der Waals surface area contributed by atoms with Crippen LogP contribution < -0.4 is 9.47 Å². The molecule has 1 heterocycles. The summed E-state index contributed by atoms with van der Waals surface area (Å²) in [7, 11) is 0. The number of para-hydroxylation sites is 1.